The molecule has 1 saturated heterocycles. The van der Waals surface area contributed by atoms with E-state index in [1.54, 1.807) is 11.0 Å². The minimum absolute atomic E-state index is 0.292. The summed E-state index contributed by atoms with van der Waals surface area (Å²) in [6.07, 6.45) is 0.326. The molecule has 1 fully saturated rings. The van der Waals surface area contributed by atoms with Gasteiger partial charge in [-0.05, 0) is 24.6 Å². The van der Waals surface area contributed by atoms with Crippen LogP contribution in [0.3, 0.4) is 0 Å². The van der Waals surface area contributed by atoms with Gasteiger partial charge in [0.2, 0.25) is 0 Å². The summed E-state index contributed by atoms with van der Waals surface area (Å²) in [6, 6.07) is 5.52. The van der Waals surface area contributed by atoms with Crippen molar-refractivity contribution in [1.82, 2.24) is 10.2 Å². The molecule has 0 atom stereocenters. The van der Waals surface area contributed by atoms with Gasteiger partial charge in [-0.2, -0.15) is 0 Å². The van der Waals surface area contributed by atoms with Crippen molar-refractivity contribution in [3.63, 3.8) is 0 Å². The van der Waals surface area contributed by atoms with Crippen molar-refractivity contribution >= 4 is 12.0 Å². The summed E-state index contributed by atoms with van der Waals surface area (Å²) in [5.41, 5.74) is 0.292. The first-order valence-electron chi connectivity index (χ1n) is 6.12. The first kappa shape index (κ1) is 13.3. The monoisotopic (exact) mass is 266 g/mol. The molecule has 0 spiro atoms. The normalized spacial score (nSPS) is 14.4. The summed E-state index contributed by atoms with van der Waals surface area (Å²) in [7, 11) is 0. The summed E-state index contributed by atoms with van der Waals surface area (Å²) in [5, 5.41) is 2.68. The molecule has 5 nitrogen and oxygen atoms in total. The van der Waals surface area contributed by atoms with E-state index in [0.29, 0.717) is 38.2 Å². The lowest BCUT2D eigenvalue weighted by atomic mass is 10.2. The van der Waals surface area contributed by atoms with E-state index in [9.17, 15) is 14.0 Å². The smallest absolute Gasteiger partial charge is 0.409 e. The molecule has 0 aliphatic carbocycles. The van der Waals surface area contributed by atoms with Crippen LogP contribution >= 0.6 is 0 Å². The van der Waals surface area contributed by atoms with Crippen LogP contribution in [0.1, 0.15) is 16.8 Å². The van der Waals surface area contributed by atoms with Crippen LogP contribution in [0, 0.1) is 5.82 Å². The summed E-state index contributed by atoms with van der Waals surface area (Å²) in [5.74, 6) is -0.754. The quantitative estimate of drug-likeness (QED) is 0.819. The standard InChI is InChI=1S/C13H15FN2O3/c14-11-4-1-3-10(9-11)12(17)15-5-2-6-16-7-8-19-13(16)18/h1,3-4,9H,2,5-8H2,(H,15,17). The zero-order valence-electron chi connectivity index (χ0n) is 10.4. The van der Waals surface area contributed by atoms with Crippen LogP contribution in [0.15, 0.2) is 24.3 Å². The van der Waals surface area contributed by atoms with Gasteiger partial charge in [0, 0.05) is 18.7 Å². The number of nitrogens with one attached hydrogen (secondary N) is 1. The van der Waals surface area contributed by atoms with Crippen molar-refractivity contribution < 1.29 is 18.7 Å². The minimum Gasteiger partial charge on any atom is -0.448 e. The number of cyclic esters (lactones) is 1. The molecule has 2 rings (SSSR count). The molecule has 0 saturated carbocycles. The molecule has 1 aliphatic heterocycles. The van der Waals surface area contributed by atoms with Crippen molar-refractivity contribution in [1.29, 1.82) is 0 Å². The molecular formula is C13H15FN2O3. The van der Waals surface area contributed by atoms with Crippen molar-refractivity contribution in [3.8, 4) is 0 Å². The number of halogens is 1. The number of rotatable bonds is 5. The number of ether oxygens (including phenoxy) is 1. The van der Waals surface area contributed by atoms with Gasteiger partial charge in [-0.3, -0.25) is 4.79 Å². The fourth-order valence-electron chi connectivity index (χ4n) is 1.83. The SMILES string of the molecule is O=C(NCCCN1CCOC1=O)c1cccc(F)c1. The molecule has 1 heterocycles. The largest absolute Gasteiger partial charge is 0.448 e. The zero-order valence-corrected chi connectivity index (χ0v) is 10.4. The molecule has 0 bridgehead atoms. The molecule has 0 unspecified atom stereocenters. The Morgan fingerprint density at radius 2 is 2.32 bits per heavy atom. The van der Waals surface area contributed by atoms with Gasteiger partial charge in [-0.15, -0.1) is 0 Å². The van der Waals surface area contributed by atoms with Crippen LogP contribution < -0.4 is 5.32 Å². The zero-order chi connectivity index (χ0) is 13.7. The number of amides is 2. The molecule has 2 amide bonds. The highest BCUT2D eigenvalue weighted by atomic mass is 19.1. The predicted molar refractivity (Wildman–Crippen MR) is 66.3 cm³/mol. The Balaban J connectivity index is 1.71. The number of carbonyl (C=O) groups excluding carboxylic acids is 2. The Kier molecular flexibility index (Phi) is 4.33. The molecule has 6 heteroatoms. The minimum atomic E-state index is -0.438. The average molecular weight is 266 g/mol. The van der Waals surface area contributed by atoms with E-state index in [0.717, 1.165) is 0 Å². The van der Waals surface area contributed by atoms with E-state index < -0.39 is 5.82 Å². The van der Waals surface area contributed by atoms with Crippen molar-refractivity contribution in [3.05, 3.63) is 35.6 Å². The summed E-state index contributed by atoms with van der Waals surface area (Å²) in [4.78, 5) is 24.4. The maximum Gasteiger partial charge on any atom is 0.409 e. The first-order chi connectivity index (χ1) is 9.16. The van der Waals surface area contributed by atoms with Gasteiger partial charge in [0.1, 0.15) is 12.4 Å². The maximum absolute atomic E-state index is 12.9. The van der Waals surface area contributed by atoms with Gasteiger partial charge in [-0.1, -0.05) is 6.07 Å². The van der Waals surface area contributed by atoms with Crippen molar-refractivity contribution in [2.24, 2.45) is 0 Å². The van der Waals surface area contributed by atoms with Gasteiger partial charge in [0.05, 0.1) is 6.54 Å². The molecule has 1 aliphatic rings. The van der Waals surface area contributed by atoms with Gasteiger partial charge < -0.3 is 15.0 Å². The van der Waals surface area contributed by atoms with Crippen LogP contribution in [0.25, 0.3) is 0 Å². The Morgan fingerprint density at radius 3 is 3.00 bits per heavy atom. The molecule has 1 N–H and O–H groups in total. The van der Waals surface area contributed by atoms with Crippen LogP contribution in [-0.2, 0) is 4.74 Å². The first-order valence-corrected chi connectivity index (χ1v) is 6.12. The van der Waals surface area contributed by atoms with Crippen LogP contribution in [0.4, 0.5) is 9.18 Å². The van der Waals surface area contributed by atoms with Crippen molar-refractivity contribution in [2.45, 2.75) is 6.42 Å². The van der Waals surface area contributed by atoms with Gasteiger partial charge >= 0.3 is 6.09 Å². The number of carbonyl (C=O) groups is 2. The third kappa shape index (κ3) is 3.67. The van der Waals surface area contributed by atoms with Crippen molar-refractivity contribution in [2.75, 3.05) is 26.2 Å². The number of hydrogen-bond acceptors (Lipinski definition) is 3. The maximum atomic E-state index is 12.9. The predicted octanol–water partition coefficient (Wildman–Crippen LogP) is 1.40. The third-order valence-electron chi connectivity index (χ3n) is 2.82. The summed E-state index contributed by atoms with van der Waals surface area (Å²) >= 11 is 0. The molecule has 0 radical (unpaired) electrons. The fourth-order valence-corrected chi connectivity index (χ4v) is 1.83. The summed E-state index contributed by atoms with van der Waals surface area (Å²) < 4.78 is 17.7. The molecule has 1 aromatic carbocycles. The van der Waals surface area contributed by atoms with E-state index in [2.05, 4.69) is 5.32 Å². The lowest BCUT2D eigenvalue weighted by Crippen LogP contribution is -2.30. The lowest BCUT2D eigenvalue weighted by molar-refractivity contribution is 0.0952. The van der Waals surface area contributed by atoms with E-state index in [-0.39, 0.29) is 12.0 Å². The molecule has 102 valence electrons. The Bertz CT molecular complexity index is 479. The number of nitrogens with zero attached hydrogens (tertiary/aromatic N) is 1. The number of hydrogen-bond donors (Lipinski definition) is 1. The highest BCUT2D eigenvalue weighted by molar-refractivity contribution is 5.94. The molecular weight excluding hydrogens is 251 g/mol. The van der Waals surface area contributed by atoms with Gasteiger partial charge in [0.15, 0.2) is 0 Å². The van der Waals surface area contributed by atoms with Crippen LogP contribution in [-0.4, -0.2) is 43.1 Å². The molecule has 1 aromatic rings. The number of benzene rings is 1. The Hall–Kier alpha value is -2.11. The second kappa shape index (κ2) is 6.17. The second-order valence-corrected chi connectivity index (χ2v) is 4.22. The van der Waals surface area contributed by atoms with Crippen LogP contribution in [0.5, 0.6) is 0 Å². The van der Waals surface area contributed by atoms with Gasteiger partial charge in [-0.25, -0.2) is 9.18 Å². The molecule has 0 aromatic heterocycles. The Labute approximate surface area is 110 Å². The fraction of sp³-hybridized carbons (Fsp3) is 0.385. The second-order valence-electron chi connectivity index (χ2n) is 4.22. The highest BCUT2D eigenvalue weighted by Gasteiger charge is 2.20. The lowest BCUT2D eigenvalue weighted by Gasteiger charge is -2.12. The molecule has 19 heavy (non-hydrogen) atoms. The van der Waals surface area contributed by atoms with E-state index in [1.807, 2.05) is 0 Å². The van der Waals surface area contributed by atoms with Crippen LogP contribution in [0.2, 0.25) is 0 Å². The Morgan fingerprint density at radius 1 is 1.47 bits per heavy atom. The third-order valence-corrected chi connectivity index (χ3v) is 2.82. The highest BCUT2D eigenvalue weighted by Crippen LogP contribution is 2.04. The topological polar surface area (TPSA) is 58.6 Å². The van der Waals surface area contributed by atoms with Gasteiger partial charge in [0.25, 0.3) is 5.91 Å². The van der Waals surface area contributed by atoms with E-state index in [1.165, 1.54) is 18.2 Å². The van der Waals surface area contributed by atoms with E-state index >= 15 is 0 Å². The van der Waals surface area contributed by atoms with E-state index in [4.69, 9.17) is 4.74 Å². The summed E-state index contributed by atoms with van der Waals surface area (Å²) in [6.45, 7) is 1.99. The average Bonchev–Trinajstić information content (AvgIpc) is 2.80.